The van der Waals surface area contributed by atoms with E-state index in [1.807, 2.05) is 54.6 Å². The normalized spacial score (nSPS) is 16.5. The lowest BCUT2D eigenvalue weighted by atomic mass is 10.0. The van der Waals surface area contributed by atoms with Crippen molar-refractivity contribution in [3.63, 3.8) is 0 Å². The Labute approximate surface area is 116 Å². The van der Waals surface area contributed by atoms with Crippen molar-refractivity contribution in [2.45, 2.75) is 0 Å². The minimum atomic E-state index is -0.0601. The summed E-state index contributed by atoms with van der Waals surface area (Å²) in [7, 11) is 1.77. The number of anilines is 1. The molecule has 0 atom stereocenters. The Balaban J connectivity index is 2.23. The van der Waals surface area contributed by atoms with Gasteiger partial charge in [-0.3, -0.25) is 4.79 Å². The molecule has 1 amide bonds. The average molecular weight is 270 g/mol. The predicted octanol–water partition coefficient (Wildman–Crippen LogP) is 3.77. The van der Waals surface area contributed by atoms with Crippen molar-refractivity contribution in [2.75, 3.05) is 11.9 Å². The zero-order valence-electron chi connectivity index (χ0n) is 10.4. The fraction of sp³-hybridized carbons (Fsp3) is 0.0625. The smallest absolute Gasteiger partial charge is 0.260 e. The van der Waals surface area contributed by atoms with E-state index in [4.69, 9.17) is 11.6 Å². The third-order valence-electron chi connectivity index (χ3n) is 3.30. The van der Waals surface area contributed by atoms with Gasteiger partial charge in [-0.05, 0) is 11.6 Å². The summed E-state index contributed by atoms with van der Waals surface area (Å²) in [4.78, 5) is 14.0. The summed E-state index contributed by atoms with van der Waals surface area (Å²) < 4.78 is 0. The van der Waals surface area contributed by atoms with E-state index in [1.54, 1.807) is 11.9 Å². The highest BCUT2D eigenvalue weighted by atomic mass is 35.5. The molecule has 0 N–H and O–H groups in total. The van der Waals surface area contributed by atoms with Gasteiger partial charge in [-0.2, -0.15) is 0 Å². The van der Waals surface area contributed by atoms with Crippen molar-refractivity contribution in [3.05, 3.63) is 65.7 Å². The van der Waals surface area contributed by atoms with Crippen LogP contribution in [0, 0.1) is 0 Å². The van der Waals surface area contributed by atoms with Gasteiger partial charge in [0.2, 0.25) is 0 Å². The maximum Gasteiger partial charge on any atom is 0.260 e. The molecule has 0 unspecified atom stereocenters. The van der Waals surface area contributed by atoms with Gasteiger partial charge >= 0.3 is 0 Å². The zero-order chi connectivity index (χ0) is 13.4. The lowest BCUT2D eigenvalue weighted by Gasteiger charge is -2.08. The first kappa shape index (κ1) is 12.0. The number of benzene rings is 2. The minimum absolute atomic E-state index is 0.0601. The van der Waals surface area contributed by atoms with Gasteiger partial charge in [-0.25, -0.2) is 0 Å². The molecule has 0 bridgehead atoms. The quantitative estimate of drug-likeness (QED) is 0.722. The Morgan fingerprint density at radius 3 is 2.37 bits per heavy atom. The summed E-state index contributed by atoms with van der Waals surface area (Å²) >= 11 is 6.43. The molecule has 1 aliphatic heterocycles. The van der Waals surface area contributed by atoms with Crippen LogP contribution in [-0.4, -0.2) is 13.0 Å². The van der Waals surface area contributed by atoms with E-state index in [9.17, 15) is 4.79 Å². The highest BCUT2D eigenvalue weighted by Crippen LogP contribution is 2.41. The maximum atomic E-state index is 12.4. The molecule has 94 valence electrons. The number of carbonyl (C=O) groups is 1. The lowest BCUT2D eigenvalue weighted by molar-refractivity contribution is -0.112. The molecule has 0 aliphatic carbocycles. The largest absolute Gasteiger partial charge is 0.311 e. The number of carbonyl (C=O) groups excluding carboxylic acids is 1. The Bertz CT molecular complexity index is 676. The molecule has 0 fully saturated rings. The van der Waals surface area contributed by atoms with Gasteiger partial charge in [0.25, 0.3) is 5.91 Å². The van der Waals surface area contributed by atoms with Gasteiger partial charge in [-0.15, -0.1) is 0 Å². The molecule has 3 heteroatoms. The molecular weight excluding hydrogens is 258 g/mol. The van der Waals surface area contributed by atoms with E-state index < -0.39 is 0 Å². The third-order valence-corrected chi connectivity index (χ3v) is 3.71. The summed E-state index contributed by atoms with van der Waals surface area (Å²) in [5.41, 5.74) is 3.23. The Hall–Kier alpha value is -2.06. The zero-order valence-corrected chi connectivity index (χ0v) is 11.2. The monoisotopic (exact) mass is 269 g/mol. The molecule has 0 saturated carbocycles. The summed E-state index contributed by atoms with van der Waals surface area (Å²) in [6, 6.07) is 17.2. The fourth-order valence-electron chi connectivity index (χ4n) is 2.31. The van der Waals surface area contributed by atoms with Crippen molar-refractivity contribution < 1.29 is 4.79 Å². The average Bonchev–Trinajstić information content (AvgIpc) is 2.72. The number of hydrogen-bond acceptors (Lipinski definition) is 1. The van der Waals surface area contributed by atoms with E-state index in [0.717, 1.165) is 16.8 Å². The van der Waals surface area contributed by atoms with Crippen LogP contribution in [0.25, 0.3) is 10.6 Å². The summed E-state index contributed by atoms with van der Waals surface area (Å²) in [5.74, 6) is -0.0601. The van der Waals surface area contributed by atoms with Gasteiger partial charge < -0.3 is 4.90 Å². The van der Waals surface area contributed by atoms with E-state index in [2.05, 4.69) is 0 Å². The standard InChI is InChI=1S/C16H12ClNO/c1-18-13-10-6-5-9-12(13)14(16(18)19)15(17)11-7-3-2-4-8-11/h2-10H,1H3/b15-14+. The number of rotatable bonds is 1. The number of nitrogens with zero attached hydrogens (tertiary/aromatic N) is 1. The molecule has 3 rings (SSSR count). The topological polar surface area (TPSA) is 20.3 Å². The summed E-state index contributed by atoms with van der Waals surface area (Å²) in [6.07, 6.45) is 0. The number of hydrogen-bond donors (Lipinski definition) is 0. The van der Waals surface area contributed by atoms with Crippen molar-refractivity contribution >= 4 is 33.8 Å². The minimum Gasteiger partial charge on any atom is -0.311 e. The van der Waals surface area contributed by atoms with Crippen LogP contribution < -0.4 is 4.90 Å². The number of fused-ring (bicyclic) bond motifs is 1. The van der Waals surface area contributed by atoms with Gasteiger partial charge in [0.1, 0.15) is 0 Å². The summed E-state index contributed by atoms with van der Waals surface area (Å²) in [6.45, 7) is 0. The highest BCUT2D eigenvalue weighted by Gasteiger charge is 2.31. The van der Waals surface area contributed by atoms with Crippen molar-refractivity contribution in [3.8, 4) is 0 Å². The molecule has 2 aromatic rings. The molecular formula is C16H12ClNO. The third kappa shape index (κ3) is 1.85. The number of para-hydroxylation sites is 1. The van der Waals surface area contributed by atoms with E-state index in [1.165, 1.54) is 0 Å². The van der Waals surface area contributed by atoms with E-state index >= 15 is 0 Å². The van der Waals surface area contributed by atoms with Gasteiger partial charge in [0.15, 0.2) is 0 Å². The first-order valence-electron chi connectivity index (χ1n) is 6.03. The molecule has 0 radical (unpaired) electrons. The van der Waals surface area contributed by atoms with Crippen LogP contribution in [0.5, 0.6) is 0 Å². The SMILES string of the molecule is CN1C(=O)/C(=C(/Cl)c2ccccc2)c2ccccc21. The lowest BCUT2D eigenvalue weighted by Crippen LogP contribution is -2.20. The first-order chi connectivity index (χ1) is 9.20. The van der Waals surface area contributed by atoms with Crippen molar-refractivity contribution in [1.29, 1.82) is 0 Å². The molecule has 2 aromatic carbocycles. The predicted molar refractivity (Wildman–Crippen MR) is 79.0 cm³/mol. The Morgan fingerprint density at radius 2 is 1.63 bits per heavy atom. The molecule has 1 aliphatic rings. The molecule has 0 aromatic heterocycles. The maximum absolute atomic E-state index is 12.4. The molecule has 1 heterocycles. The van der Waals surface area contributed by atoms with Gasteiger partial charge in [0, 0.05) is 12.6 Å². The van der Waals surface area contributed by atoms with Crippen LogP contribution in [0.3, 0.4) is 0 Å². The van der Waals surface area contributed by atoms with Crippen LogP contribution in [0.4, 0.5) is 5.69 Å². The second-order valence-corrected chi connectivity index (χ2v) is 4.81. The molecule has 19 heavy (non-hydrogen) atoms. The van der Waals surface area contributed by atoms with Crippen LogP contribution in [0.1, 0.15) is 11.1 Å². The van der Waals surface area contributed by atoms with E-state index in [-0.39, 0.29) is 5.91 Å². The second kappa shape index (κ2) is 4.56. The molecule has 0 spiro atoms. The highest BCUT2D eigenvalue weighted by molar-refractivity contribution is 6.59. The van der Waals surface area contributed by atoms with Crippen LogP contribution in [-0.2, 0) is 4.79 Å². The Morgan fingerprint density at radius 1 is 1.00 bits per heavy atom. The molecule has 0 saturated heterocycles. The number of halogens is 1. The number of amides is 1. The van der Waals surface area contributed by atoms with Crippen molar-refractivity contribution in [2.24, 2.45) is 0 Å². The number of likely N-dealkylation sites (N-methyl/N-ethyl adjacent to an activating group) is 1. The van der Waals surface area contributed by atoms with Crippen LogP contribution >= 0.6 is 11.6 Å². The van der Waals surface area contributed by atoms with Gasteiger partial charge in [0.05, 0.1) is 16.3 Å². The fourth-order valence-corrected chi connectivity index (χ4v) is 2.62. The second-order valence-electron chi connectivity index (χ2n) is 4.44. The van der Waals surface area contributed by atoms with Gasteiger partial charge in [-0.1, -0.05) is 60.1 Å². The van der Waals surface area contributed by atoms with Crippen molar-refractivity contribution in [1.82, 2.24) is 0 Å². The Kier molecular flexibility index (Phi) is 2.88. The van der Waals surface area contributed by atoms with E-state index in [0.29, 0.717) is 10.6 Å². The summed E-state index contributed by atoms with van der Waals surface area (Å²) in [5, 5.41) is 0.502. The first-order valence-corrected chi connectivity index (χ1v) is 6.40. The van der Waals surface area contributed by atoms with Crippen LogP contribution in [0.15, 0.2) is 54.6 Å². The van der Waals surface area contributed by atoms with Crippen LogP contribution in [0.2, 0.25) is 0 Å². The molecule has 2 nitrogen and oxygen atoms in total.